The van der Waals surface area contributed by atoms with E-state index in [1.165, 1.54) is 41.3 Å². The Morgan fingerprint density at radius 3 is 2.48 bits per heavy atom. The summed E-state index contributed by atoms with van der Waals surface area (Å²) in [5.41, 5.74) is 0.291. The zero-order valence-electron chi connectivity index (χ0n) is 16.1. The molecule has 1 heterocycles. The lowest BCUT2D eigenvalue weighted by molar-refractivity contribution is -0.116. The molecule has 4 nitrogen and oxygen atoms in total. The van der Waals surface area contributed by atoms with Gasteiger partial charge in [-0.3, -0.25) is 9.69 Å². The number of rotatable bonds is 8. The summed E-state index contributed by atoms with van der Waals surface area (Å²) in [5, 5.41) is 0.503. The molecule has 0 saturated carbocycles. The minimum absolute atomic E-state index is 0. The van der Waals surface area contributed by atoms with E-state index in [0.29, 0.717) is 21.9 Å². The summed E-state index contributed by atoms with van der Waals surface area (Å²) in [6, 6.07) is 10.9. The van der Waals surface area contributed by atoms with Crippen molar-refractivity contribution in [3.63, 3.8) is 0 Å². The van der Waals surface area contributed by atoms with Crippen molar-refractivity contribution in [1.29, 1.82) is 0 Å². The minimum atomic E-state index is -0.388. The molecule has 0 saturated heterocycles. The van der Waals surface area contributed by atoms with Crippen molar-refractivity contribution >= 4 is 56.8 Å². The van der Waals surface area contributed by atoms with E-state index in [9.17, 15) is 13.6 Å². The molecular formula is C20H22ClF2N3OS2. The zero-order valence-corrected chi connectivity index (χ0v) is 18.5. The number of amides is 1. The van der Waals surface area contributed by atoms with Crippen LogP contribution in [0.2, 0.25) is 0 Å². The number of halogens is 3. The zero-order chi connectivity index (χ0) is 20.1. The SMILES string of the molecule is CN(C)CCCN(C(=O)CSc1ccc(F)cc1)c1nc2c(F)cccc2s1.Cl. The lowest BCUT2D eigenvalue weighted by atomic mass is 10.3. The fourth-order valence-electron chi connectivity index (χ4n) is 2.64. The molecule has 0 fully saturated rings. The van der Waals surface area contributed by atoms with Gasteiger partial charge >= 0.3 is 0 Å². The summed E-state index contributed by atoms with van der Waals surface area (Å²) in [7, 11) is 3.95. The molecule has 0 aliphatic carbocycles. The number of aromatic nitrogens is 1. The normalized spacial score (nSPS) is 10.9. The molecular weight excluding hydrogens is 436 g/mol. The number of hydrogen-bond acceptors (Lipinski definition) is 5. The predicted molar refractivity (Wildman–Crippen MR) is 119 cm³/mol. The number of thioether (sulfide) groups is 1. The van der Waals surface area contributed by atoms with Gasteiger partial charge in [-0.2, -0.15) is 0 Å². The molecule has 9 heteroatoms. The maximum atomic E-state index is 14.0. The van der Waals surface area contributed by atoms with Gasteiger partial charge in [-0.05, 0) is 63.5 Å². The van der Waals surface area contributed by atoms with E-state index >= 15 is 0 Å². The molecule has 2 aromatic carbocycles. The summed E-state index contributed by atoms with van der Waals surface area (Å²) in [5.74, 6) is -0.599. The first-order valence-electron chi connectivity index (χ1n) is 8.82. The van der Waals surface area contributed by atoms with Gasteiger partial charge in [0.05, 0.1) is 10.5 Å². The lowest BCUT2D eigenvalue weighted by Gasteiger charge is -2.21. The second kappa shape index (κ2) is 10.9. The van der Waals surface area contributed by atoms with Gasteiger partial charge in [0, 0.05) is 11.4 Å². The Kier molecular flexibility index (Phi) is 8.82. The van der Waals surface area contributed by atoms with E-state index in [1.807, 2.05) is 19.0 Å². The van der Waals surface area contributed by atoms with Crippen molar-refractivity contribution in [2.45, 2.75) is 11.3 Å². The van der Waals surface area contributed by atoms with Crippen LogP contribution in [-0.4, -0.2) is 48.7 Å². The Morgan fingerprint density at radius 1 is 1.10 bits per heavy atom. The van der Waals surface area contributed by atoms with Crippen LogP contribution in [0, 0.1) is 11.6 Å². The van der Waals surface area contributed by atoms with E-state index in [2.05, 4.69) is 4.98 Å². The van der Waals surface area contributed by atoms with Crippen molar-refractivity contribution in [3.8, 4) is 0 Å². The largest absolute Gasteiger partial charge is 0.309 e. The Bertz CT molecular complexity index is 951. The Balaban J connectivity index is 0.00000300. The molecule has 29 heavy (non-hydrogen) atoms. The van der Waals surface area contributed by atoms with Crippen molar-refractivity contribution in [3.05, 3.63) is 54.1 Å². The number of hydrogen-bond donors (Lipinski definition) is 0. The van der Waals surface area contributed by atoms with Crippen molar-refractivity contribution in [2.75, 3.05) is 37.8 Å². The Morgan fingerprint density at radius 2 is 1.83 bits per heavy atom. The van der Waals surface area contributed by atoms with Gasteiger partial charge in [0.1, 0.15) is 17.2 Å². The van der Waals surface area contributed by atoms with Crippen LogP contribution >= 0.6 is 35.5 Å². The highest BCUT2D eigenvalue weighted by atomic mass is 35.5. The number of para-hydroxylation sites is 1. The average Bonchev–Trinajstić information content (AvgIpc) is 3.09. The van der Waals surface area contributed by atoms with E-state index in [0.717, 1.165) is 17.9 Å². The molecule has 0 unspecified atom stereocenters. The molecule has 3 aromatic rings. The highest BCUT2D eigenvalue weighted by Gasteiger charge is 2.20. The molecule has 0 radical (unpaired) electrons. The smallest absolute Gasteiger partial charge is 0.239 e. The average molecular weight is 458 g/mol. The summed E-state index contributed by atoms with van der Waals surface area (Å²) in [6.45, 7) is 1.33. The molecule has 3 rings (SSSR count). The number of anilines is 1. The molecule has 0 bridgehead atoms. The van der Waals surface area contributed by atoms with Gasteiger partial charge < -0.3 is 4.90 Å². The van der Waals surface area contributed by atoms with Gasteiger partial charge in [0.2, 0.25) is 5.91 Å². The standard InChI is InChI=1S/C20H21F2N3OS2.ClH/c1-24(2)11-4-12-25(18(26)13-27-15-9-7-14(21)8-10-15)20-23-19-16(22)5-3-6-17(19)28-20;/h3,5-10H,4,11-13H2,1-2H3;1H. The molecule has 0 atom stereocenters. The maximum Gasteiger partial charge on any atom is 0.239 e. The Labute approximate surface area is 183 Å². The summed E-state index contributed by atoms with van der Waals surface area (Å²) >= 11 is 2.66. The minimum Gasteiger partial charge on any atom is -0.309 e. The van der Waals surface area contributed by atoms with Gasteiger partial charge in [0.25, 0.3) is 0 Å². The fourth-order valence-corrected chi connectivity index (χ4v) is 4.44. The van der Waals surface area contributed by atoms with Crippen LogP contribution in [0.15, 0.2) is 47.4 Å². The molecule has 0 spiro atoms. The highest BCUT2D eigenvalue weighted by Crippen LogP contribution is 2.31. The molecule has 1 amide bonds. The molecule has 0 N–H and O–H groups in total. The van der Waals surface area contributed by atoms with Gasteiger partial charge in [-0.25, -0.2) is 13.8 Å². The molecule has 1 aromatic heterocycles. The number of fused-ring (bicyclic) bond motifs is 1. The van der Waals surface area contributed by atoms with Crippen molar-refractivity contribution in [2.24, 2.45) is 0 Å². The number of nitrogens with zero attached hydrogens (tertiary/aromatic N) is 3. The summed E-state index contributed by atoms with van der Waals surface area (Å²) in [6.07, 6.45) is 0.776. The third kappa shape index (κ3) is 6.37. The first-order valence-corrected chi connectivity index (χ1v) is 10.6. The molecule has 0 aliphatic heterocycles. The first kappa shape index (κ1) is 23.5. The third-order valence-corrected chi connectivity index (χ3v) is 6.09. The summed E-state index contributed by atoms with van der Waals surface area (Å²) in [4.78, 5) is 21.8. The van der Waals surface area contributed by atoms with Gasteiger partial charge in [0.15, 0.2) is 5.13 Å². The Hall–Kier alpha value is -1.74. The summed E-state index contributed by atoms with van der Waals surface area (Å²) < 4.78 is 27.8. The van der Waals surface area contributed by atoms with Crippen LogP contribution in [0.25, 0.3) is 10.2 Å². The topological polar surface area (TPSA) is 36.4 Å². The fraction of sp³-hybridized carbons (Fsp3) is 0.300. The second-order valence-corrected chi connectivity index (χ2v) is 8.59. The number of benzene rings is 2. The van der Waals surface area contributed by atoms with Crippen LogP contribution in [0.1, 0.15) is 6.42 Å². The van der Waals surface area contributed by atoms with Crippen LogP contribution < -0.4 is 4.90 Å². The van der Waals surface area contributed by atoms with E-state index in [-0.39, 0.29) is 35.7 Å². The second-order valence-electron chi connectivity index (χ2n) is 6.53. The van der Waals surface area contributed by atoms with Crippen LogP contribution in [-0.2, 0) is 4.79 Å². The van der Waals surface area contributed by atoms with Crippen molar-refractivity contribution in [1.82, 2.24) is 9.88 Å². The van der Waals surface area contributed by atoms with Gasteiger partial charge in [-0.1, -0.05) is 17.4 Å². The van der Waals surface area contributed by atoms with Crippen LogP contribution in [0.4, 0.5) is 13.9 Å². The van der Waals surface area contributed by atoms with Crippen LogP contribution in [0.5, 0.6) is 0 Å². The monoisotopic (exact) mass is 457 g/mol. The third-order valence-electron chi connectivity index (χ3n) is 4.05. The molecule has 0 aliphatic rings. The number of carbonyl (C=O) groups excluding carboxylic acids is 1. The van der Waals surface area contributed by atoms with E-state index < -0.39 is 0 Å². The quantitative estimate of drug-likeness (QED) is 0.442. The van der Waals surface area contributed by atoms with E-state index in [1.54, 1.807) is 29.2 Å². The first-order chi connectivity index (χ1) is 13.4. The van der Waals surface area contributed by atoms with Crippen molar-refractivity contribution < 1.29 is 13.6 Å². The van der Waals surface area contributed by atoms with Crippen LogP contribution in [0.3, 0.4) is 0 Å². The number of carbonyl (C=O) groups is 1. The van der Waals surface area contributed by atoms with E-state index in [4.69, 9.17) is 0 Å². The number of thiazole rings is 1. The predicted octanol–water partition coefficient (Wildman–Crippen LogP) is 5.07. The maximum absolute atomic E-state index is 14.0. The lowest BCUT2D eigenvalue weighted by Crippen LogP contribution is -2.34. The molecule has 156 valence electrons. The highest BCUT2D eigenvalue weighted by molar-refractivity contribution is 8.00. The van der Waals surface area contributed by atoms with Gasteiger partial charge in [-0.15, -0.1) is 24.2 Å².